The van der Waals surface area contributed by atoms with Crippen LogP contribution in [0.15, 0.2) is 47.5 Å². The predicted octanol–water partition coefficient (Wildman–Crippen LogP) is 4.05. The van der Waals surface area contributed by atoms with Crippen molar-refractivity contribution in [2.75, 3.05) is 0 Å². The molecule has 0 unspecified atom stereocenters. The Balaban J connectivity index is 1.47. The highest BCUT2D eigenvalue weighted by molar-refractivity contribution is 8.71. The number of aryl methyl sites for hydroxylation is 1. The quantitative estimate of drug-likeness (QED) is 0.566. The summed E-state index contributed by atoms with van der Waals surface area (Å²) in [4.78, 5) is 4.58. The maximum absolute atomic E-state index is 12.3. The van der Waals surface area contributed by atoms with Crippen molar-refractivity contribution < 1.29 is 13.2 Å². The lowest BCUT2D eigenvalue weighted by atomic mass is 9.90. The van der Waals surface area contributed by atoms with Crippen molar-refractivity contribution in [1.29, 1.82) is 0 Å². The highest BCUT2D eigenvalue weighted by Crippen LogP contribution is 2.30. The maximum Gasteiger partial charge on any atom is 0.244 e. The third kappa shape index (κ3) is 4.78. The first-order valence-corrected chi connectivity index (χ1v) is 11.5. The van der Waals surface area contributed by atoms with Gasteiger partial charge in [0.1, 0.15) is 6.10 Å². The minimum atomic E-state index is -3.39. The summed E-state index contributed by atoms with van der Waals surface area (Å²) in [6.07, 6.45) is 3.38. The second-order valence-corrected chi connectivity index (χ2v) is 10.6. The van der Waals surface area contributed by atoms with Gasteiger partial charge < -0.3 is 4.74 Å². The molecule has 2 aromatic rings. The summed E-state index contributed by atoms with van der Waals surface area (Å²) < 4.78 is 33.6. The number of nitrogens with one attached hydrogen (secondary N) is 1. The van der Waals surface area contributed by atoms with Crippen molar-refractivity contribution in [2.24, 2.45) is 0 Å². The lowest BCUT2D eigenvalue weighted by Crippen LogP contribution is -2.44. The van der Waals surface area contributed by atoms with Gasteiger partial charge in [-0.3, -0.25) is 0 Å². The van der Waals surface area contributed by atoms with Gasteiger partial charge in [0.15, 0.2) is 0 Å². The zero-order valence-electron chi connectivity index (χ0n) is 15.2. The van der Waals surface area contributed by atoms with Crippen molar-refractivity contribution in [1.82, 2.24) is 9.71 Å². The van der Waals surface area contributed by atoms with Gasteiger partial charge >= 0.3 is 0 Å². The molecule has 0 saturated heterocycles. The van der Waals surface area contributed by atoms with E-state index in [1.54, 1.807) is 30.5 Å². The van der Waals surface area contributed by atoms with Crippen LogP contribution in [0.3, 0.4) is 0 Å². The molecule has 1 aromatic carbocycles. The van der Waals surface area contributed by atoms with E-state index in [-0.39, 0.29) is 12.1 Å². The van der Waals surface area contributed by atoms with E-state index < -0.39 is 8.87 Å². The molecule has 3 rings (SSSR count). The molecule has 1 saturated carbocycles. The molecule has 0 bridgehead atoms. The number of nitrogens with zero attached hydrogens (tertiary/aromatic N) is 1. The van der Waals surface area contributed by atoms with Gasteiger partial charge in [-0.1, -0.05) is 31.5 Å². The first-order valence-electron chi connectivity index (χ1n) is 8.72. The molecule has 1 aliphatic rings. The van der Waals surface area contributed by atoms with Gasteiger partial charge in [-0.25, -0.2) is 18.1 Å². The second kappa shape index (κ2) is 7.98. The van der Waals surface area contributed by atoms with E-state index in [1.165, 1.54) is 5.56 Å². The largest absolute Gasteiger partial charge is 0.474 e. The minimum Gasteiger partial charge on any atom is -0.474 e. The monoisotopic (exact) mass is 392 g/mol. The Bertz CT molecular complexity index is 845. The van der Waals surface area contributed by atoms with E-state index in [0.29, 0.717) is 16.7 Å². The molecule has 0 atom stereocenters. The van der Waals surface area contributed by atoms with Gasteiger partial charge in [-0.15, -0.1) is 0 Å². The molecule has 140 valence electrons. The SMILES string of the molecule is Cc1ccc(S(=O)(=O)SNC2CC(Oc3cc(C(C)C)ccn3)C2)cc1. The van der Waals surface area contributed by atoms with Crippen LogP contribution in [0.2, 0.25) is 0 Å². The van der Waals surface area contributed by atoms with Gasteiger partial charge in [-0.05, 0) is 36.6 Å². The standard InChI is InChI=1S/C19H24N2O3S2/c1-13(2)15-8-9-20-19(10-15)24-17-11-16(12-17)21-25-26(22,23)18-6-4-14(3)5-7-18/h4-10,13,16-17,21H,11-12H2,1-3H3. The Hall–Kier alpha value is -1.57. The highest BCUT2D eigenvalue weighted by Gasteiger charge is 2.32. The van der Waals surface area contributed by atoms with Crippen LogP contribution in [0.5, 0.6) is 5.88 Å². The molecule has 0 aliphatic heterocycles. The lowest BCUT2D eigenvalue weighted by Gasteiger charge is -2.35. The van der Waals surface area contributed by atoms with Gasteiger partial charge in [0.2, 0.25) is 14.7 Å². The number of hydrogen-bond acceptors (Lipinski definition) is 6. The van der Waals surface area contributed by atoms with Crippen molar-refractivity contribution >= 4 is 19.8 Å². The molecule has 26 heavy (non-hydrogen) atoms. The number of aromatic nitrogens is 1. The van der Waals surface area contributed by atoms with E-state index in [1.807, 2.05) is 19.1 Å². The predicted molar refractivity (Wildman–Crippen MR) is 105 cm³/mol. The molecule has 1 aliphatic carbocycles. The Morgan fingerprint density at radius 1 is 1.19 bits per heavy atom. The van der Waals surface area contributed by atoms with Crippen LogP contribution in [0.1, 0.15) is 43.7 Å². The fourth-order valence-corrected chi connectivity index (χ4v) is 5.09. The van der Waals surface area contributed by atoms with Crippen LogP contribution >= 0.6 is 11.0 Å². The first-order chi connectivity index (χ1) is 12.3. The average molecular weight is 393 g/mol. The van der Waals surface area contributed by atoms with Gasteiger partial charge in [0.05, 0.1) is 15.9 Å². The van der Waals surface area contributed by atoms with Gasteiger partial charge in [-0.2, -0.15) is 0 Å². The Kier molecular flexibility index (Phi) is 5.89. The van der Waals surface area contributed by atoms with Crippen molar-refractivity contribution in [3.05, 3.63) is 53.7 Å². The highest BCUT2D eigenvalue weighted by atomic mass is 33.1. The summed E-state index contributed by atoms with van der Waals surface area (Å²) in [6.45, 7) is 6.20. The van der Waals surface area contributed by atoms with Crippen LogP contribution in [0.25, 0.3) is 0 Å². The normalized spacial score (nSPS) is 20.0. The molecule has 1 heterocycles. The molecule has 1 fully saturated rings. The summed E-state index contributed by atoms with van der Waals surface area (Å²) in [5.74, 6) is 1.07. The smallest absolute Gasteiger partial charge is 0.244 e. The van der Waals surface area contributed by atoms with Crippen molar-refractivity contribution in [3.8, 4) is 5.88 Å². The number of pyridine rings is 1. The zero-order valence-corrected chi connectivity index (χ0v) is 16.8. The van der Waals surface area contributed by atoms with Crippen LogP contribution in [0, 0.1) is 6.92 Å². The van der Waals surface area contributed by atoms with Crippen molar-refractivity contribution in [3.63, 3.8) is 0 Å². The number of benzene rings is 1. The van der Waals surface area contributed by atoms with Crippen LogP contribution in [0.4, 0.5) is 0 Å². The molecule has 1 N–H and O–H groups in total. The summed E-state index contributed by atoms with van der Waals surface area (Å²) in [5.41, 5.74) is 2.24. The fourth-order valence-electron chi connectivity index (χ4n) is 2.66. The molecule has 1 aromatic heterocycles. The summed E-state index contributed by atoms with van der Waals surface area (Å²) in [7, 11) is -2.60. The number of rotatable bonds is 7. The fraction of sp³-hybridized carbons (Fsp3) is 0.421. The van der Waals surface area contributed by atoms with E-state index >= 15 is 0 Å². The van der Waals surface area contributed by atoms with E-state index in [9.17, 15) is 8.42 Å². The number of hydrogen-bond donors (Lipinski definition) is 1. The summed E-state index contributed by atoms with van der Waals surface area (Å²) in [5, 5.41) is 0. The Labute approximate surface area is 159 Å². The van der Waals surface area contributed by atoms with E-state index in [2.05, 4.69) is 23.6 Å². The molecular formula is C19H24N2O3S2. The first kappa shape index (κ1) is 19.2. The van der Waals surface area contributed by atoms with Crippen LogP contribution in [-0.4, -0.2) is 25.5 Å². The number of ether oxygens (including phenoxy) is 1. The van der Waals surface area contributed by atoms with E-state index in [4.69, 9.17) is 4.74 Å². The molecule has 5 nitrogen and oxygen atoms in total. The topological polar surface area (TPSA) is 68.3 Å². The summed E-state index contributed by atoms with van der Waals surface area (Å²) >= 11 is 0. The minimum absolute atomic E-state index is 0.0742. The lowest BCUT2D eigenvalue weighted by molar-refractivity contribution is 0.0908. The van der Waals surface area contributed by atoms with Crippen molar-refractivity contribution in [2.45, 2.75) is 56.6 Å². The van der Waals surface area contributed by atoms with Crippen LogP contribution < -0.4 is 9.46 Å². The molecule has 0 spiro atoms. The summed E-state index contributed by atoms with van der Waals surface area (Å²) in [6, 6.07) is 11.0. The molecule has 7 heteroatoms. The average Bonchev–Trinajstić information content (AvgIpc) is 2.57. The van der Waals surface area contributed by atoms with Gasteiger partial charge in [0.25, 0.3) is 0 Å². The molecular weight excluding hydrogens is 368 g/mol. The molecule has 0 radical (unpaired) electrons. The Morgan fingerprint density at radius 3 is 2.54 bits per heavy atom. The van der Waals surface area contributed by atoms with Crippen LogP contribution in [-0.2, 0) is 8.87 Å². The second-order valence-electron chi connectivity index (χ2n) is 6.96. The Morgan fingerprint density at radius 2 is 1.88 bits per heavy atom. The van der Waals surface area contributed by atoms with E-state index in [0.717, 1.165) is 29.4 Å². The zero-order chi connectivity index (χ0) is 18.7. The van der Waals surface area contributed by atoms with Gasteiger partial charge in [0, 0.05) is 31.1 Å². The molecule has 0 amide bonds. The third-order valence-electron chi connectivity index (χ3n) is 4.44. The maximum atomic E-state index is 12.3. The third-order valence-corrected chi connectivity index (χ3v) is 7.46.